The summed E-state index contributed by atoms with van der Waals surface area (Å²) in [7, 11) is 0. The zero-order valence-electron chi connectivity index (χ0n) is 8.27. The van der Waals surface area contributed by atoms with Crippen LogP contribution < -0.4 is 4.73 Å². The molecule has 86 valence electrons. The van der Waals surface area contributed by atoms with Gasteiger partial charge in [0.2, 0.25) is 5.52 Å². The van der Waals surface area contributed by atoms with E-state index in [1.54, 1.807) is 0 Å². The van der Waals surface area contributed by atoms with Gasteiger partial charge >= 0.3 is 5.69 Å². The second-order valence-corrected chi connectivity index (χ2v) is 3.25. The number of fused-ring (bicyclic) bond motifs is 1. The smallest absolute Gasteiger partial charge is 0.334 e. The molecule has 8 nitrogen and oxygen atoms in total. The quantitative estimate of drug-likeness (QED) is 0.336. The third-order valence-electron chi connectivity index (χ3n) is 2.25. The van der Waals surface area contributed by atoms with Crippen LogP contribution in [0.15, 0.2) is 30.5 Å². The maximum Gasteiger partial charge on any atom is 0.334 e. The molecule has 2 aromatic rings. The standard InChI is InChI=1S/C9H5N3O5/c13-10-5-6(11(14)15)4-7-8(10)2-1-3-9(7)12(16)17/h1-5H. The van der Waals surface area contributed by atoms with Crippen molar-refractivity contribution in [3.05, 3.63) is 55.9 Å². The number of nitro benzene ring substituents is 1. The molecule has 0 saturated carbocycles. The molecule has 0 aliphatic carbocycles. The van der Waals surface area contributed by atoms with Crippen LogP contribution in [0.4, 0.5) is 11.4 Å². The van der Waals surface area contributed by atoms with Gasteiger partial charge in [0, 0.05) is 18.2 Å². The minimum atomic E-state index is -0.773. The highest BCUT2D eigenvalue weighted by Crippen LogP contribution is 2.25. The summed E-state index contributed by atoms with van der Waals surface area (Å²) in [5.74, 6) is 0. The number of hydrogen-bond donors (Lipinski definition) is 0. The number of non-ortho nitro benzene ring substituents is 1. The van der Waals surface area contributed by atoms with E-state index in [0.29, 0.717) is 0 Å². The zero-order chi connectivity index (χ0) is 12.6. The van der Waals surface area contributed by atoms with Gasteiger partial charge in [0.1, 0.15) is 5.39 Å². The molecule has 0 aliphatic rings. The summed E-state index contributed by atoms with van der Waals surface area (Å²) in [4.78, 5) is 19.8. The Morgan fingerprint density at radius 3 is 2.41 bits per heavy atom. The van der Waals surface area contributed by atoms with E-state index in [4.69, 9.17) is 0 Å². The monoisotopic (exact) mass is 235 g/mol. The number of nitro groups is 2. The first-order chi connectivity index (χ1) is 8.00. The van der Waals surface area contributed by atoms with Crippen molar-refractivity contribution in [2.24, 2.45) is 0 Å². The molecule has 0 unspecified atom stereocenters. The van der Waals surface area contributed by atoms with E-state index >= 15 is 0 Å². The van der Waals surface area contributed by atoms with Gasteiger partial charge in [-0.2, -0.15) is 4.73 Å². The van der Waals surface area contributed by atoms with Crippen molar-refractivity contribution >= 4 is 22.3 Å². The molecule has 0 saturated heterocycles. The van der Waals surface area contributed by atoms with E-state index in [9.17, 15) is 25.4 Å². The lowest BCUT2D eigenvalue weighted by Gasteiger charge is -2.01. The highest BCUT2D eigenvalue weighted by atomic mass is 16.6. The number of hydrogen-bond acceptors (Lipinski definition) is 5. The second kappa shape index (κ2) is 3.67. The van der Waals surface area contributed by atoms with Gasteiger partial charge < -0.3 is 5.21 Å². The molecular weight excluding hydrogens is 230 g/mol. The van der Waals surface area contributed by atoms with Gasteiger partial charge in [-0.1, -0.05) is 0 Å². The van der Waals surface area contributed by atoms with Gasteiger partial charge in [0.05, 0.1) is 9.85 Å². The van der Waals surface area contributed by atoms with Gasteiger partial charge in [-0.25, -0.2) is 0 Å². The molecule has 0 aliphatic heterocycles. The highest BCUT2D eigenvalue weighted by molar-refractivity contribution is 5.87. The molecule has 0 radical (unpaired) electrons. The van der Waals surface area contributed by atoms with Gasteiger partial charge in [-0.3, -0.25) is 20.2 Å². The van der Waals surface area contributed by atoms with E-state index in [1.807, 2.05) is 0 Å². The molecule has 0 atom stereocenters. The molecule has 8 heteroatoms. The van der Waals surface area contributed by atoms with Crippen LogP contribution in [-0.4, -0.2) is 9.85 Å². The van der Waals surface area contributed by atoms with Crippen LogP contribution >= 0.6 is 0 Å². The van der Waals surface area contributed by atoms with Crippen LogP contribution in [0, 0.1) is 25.4 Å². The molecule has 0 spiro atoms. The summed E-state index contributed by atoms with van der Waals surface area (Å²) in [5.41, 5.74) is -0.803. The minimum absolute atomic E-state index is 0.0183. The maximum absolute atomic E-state index is 11.5. The fourth-order valence-electron chi connectivity index (χ4n) is 1.52. The minimum Gasteiger partial charge on any atom is -0.618 e. The molecule has 1 aromatic carbocycles. The maximum atomic E-state index is 11.5. The van der Waals surface area contributed by atoms with Crippen LogP contribution in [0.3, 0.4) is 0 Å². The lowest BCUT2D eigenvalue weighted by Crippen LogP contribution is -2.26. The third-order valence-corrected chi connectivity index (χ3v) is 2.25. The predicted octanol–water partition coefficient (Wildman–Crippen LogP) is 1.29. The molecule has 1 heterocycles. The SMILES string of the molecule is O=[N+]([O-])c1cc2c([N+](=O)[O-])cccc2[n+]([O-])c1. The van der Waals surface area contributed by atoms with Crippen molar-refractivity contribution in [3.8, 4) is 0 Å². The van der Waals surface area contributed by atoms with Gasteiger partial charge in [0.15, 0.2) is 0 Å². The summed E-state index contributed by atoms with van der Waals surface area (Å²) >= 11 is 0. The van der Waals surface area contributed by atoms with Crippen molar-refractivity contribution in [1.82, 2.24) is 0 Å². The highest BCUT2D eigenvalue weighted by Gasteiger charge is 2.21. The van der Waals surface area contributed by atoms with Gasteiger partial charge in [-0.15, -0.1) is 0 Å². The summed E-state index contributed by atoms with van der Waals surface area (Å²) < 4.78 is 0.250. The lowest BCUT2D eigenvalue weighted by molar-refractivity contribution is -0.582. The Labute approximate surface area is 93.6 Å². The van der Waals surface area contributed by atoms with E-state index in [-0.39, 0.29) is 21.3 Å². The molecule has 0 N–H and O–H groups in total. The first kappa shape index (κ1) is 10.7. The Balaban J connectivity index is 2.88. The van der Waals surface area contributed by atoms with Crippen LogP contribution in [0.5, 0.6) is 0 Å². The fraction of sp³-hybridized carbons (Fsp3) is 0. The van der Waals surface area contributed by atoms with Crippen molar-refractivity contribution < 1.29 is 14.6 Å². The van der Waals surface area contributed by atoms with E-state index in [2.05, 4.69) is 0 Å². The van der Waals surface area contributed by atoms with E-state index in [0.717, 1.165) is 12.3 Å². The number of rotatable bonds is 2. The van der Waals surface area contributed by atoms with E-state index < -0.39 is 15.5 Å². The summed E-state index contributed by atoms with van der Waals surface area (Å²) in [6.07, 6.45) is 0.770. The number of benzene rings is 1. The van der Waals surface area contributed by atoms with Crippen LogP contribution in [0.2, 0.25) is 0 Å². The molecule has 1 aromatic heterocycles. The van der Waals surface area contributed by atoms with Gasteiger partial charge in [-0.05, 0) is 6.07 Å². The number of aromatic nitrogens is 1. The first-order valence-electron chi connectivity index (χ1n) is 4.45. The Hall–Kier alpha value is -2.77. The van der Waals surface area contributed by atoms with E-state index in [1.165, 1.54) is 18.2 Å². The predicted molar refractivity (Wildman–Crippen MR) is 56.2 cm³/mol. The van der Waals surface area contributed by atoms with Crippen LogP contribution in [0.25, 0.3) is 10.9 Å². The normalized spacial score (nSPS) is 10.4. The summed E-state index contributed by atoms with van der Waals surface area (Å²) in [5, 5.41) is 32.7. The molecule has 0 amide bonds. The molecular formula is C9H5N3O5. The lowest BCUT2D eigenvalue weighted by atomic mass is 10.2. The fourth-order valence-corrected chi connectivity index (χ4v) is 1.52. The average molecular weight is 235 g/mol. The Morgan fingerprint density at radius 2 is 1.82 bits per heavy atom. The topological polar surface area (TPSA) is 113 Å². The van der Waals surface area contributed by atoms with Crippen molar-refractivity contribution in [2.75, 3.05) is 0 Å². The van der Waals surface area contributed by atoms with Crippen molar-refractivity contribution in [1.29, 1.82) is 0 Å². The van der Waals surface area contributed by atoms with Crippen molar-refractivity contribution in [3.63, 3.8) is 0 Å². The largest absolute Gasteiger partial charge is 0.618 e. The summed E-state index contributed by atoms with van der Waals surface area (Å²) in [6, 6.07) is 4.91. The molecule has 17 heavy (non-hydrogen) atoms. The van der Waals surface area contributed by atoms with Gasteiger partial charge in [0.25, 0.3) is 11.9 Å². The Bertz CT molecular complexity index is 640. The van der Waals surface area contributed by atoms with Crippen LogP contribution in [0.1, 0.15) is 0 Å². The third kappa shape index (κ3) is 1.71. The number of nitrogens with zero attached hydrogens (tertiary/aromatic N) is 3. The first-order valence-corrected chi connectivity index (χ1v) is 4.45. The molecule has 0 bridgehead atoms. The average Bonchev–Trinajstić information content (AvgIpc) is 2.27. The van der Waals surface area contributed by atoms with Crippen LogP contribution in [-0.2, 0) is 0 Å². The number of pyridine rings is 1. The molecule has 0 fully saturated rings. The second-order valence-electron chi connectivity index (χ2n) is 3.25. The van der Waals surface area contributed by atoms with Crippen molar-refractivity contribution in [2.45, 2.75) is 0 Å². The Kier molecular flexibility index (Phi) is 2.32. The summed E-state index contributed by atoms with van der Waals surface area (Å²) in [6.45, 7) is 0. The Morgan fingerprint density at radius 1 is 1.12 bits per heavy atom. The zero-order valence-corrected chi connectivity index (χ0v) is 8.27. The molecule has 2 rings (SSSR count).